The summed E-state index contributed by atoms with van der Waals surface area (Å²) in [4.78, 5) is 7.00. The largest absolute Gasteiger partial charge is 0.486 e. The summed E-state index contributed by atoms with van der Waals surface area (Å²) in [5.41, 5.74) is 1.97. The number of piperidine rings is 1. The zero-order chi connectivity index (χ0) is 19.3. The molecule has 2 aromatic rings. The van der Waals surface area contributed by atoms with E-state index >= 15 is 0 Å². The molecule has 28 heavy (non-hydrogen) atoms. The highest BCUT2D eigenvalue weighted by atomic mass is 32.1. The first-order chi connectivity index (χ1) is 13.7. The van der Waals surface area contributed by atoms with Crippen LogP contribution in [0.15, 0.2) is 36.5 Å². The summed E-state index contributed by atoms with van der Waals surface area (Å²) < 4.78 is 11.2. The van der Waals surface area contributed by atoms with Gasteiger partial charge < -0.3 is 25.0 Å². The third kappa shape index (κ3) is 4.47. The first-order valence-corrected chi connectivity index (χ1v) is 10.3. The Morgan fingerprint density at radius 3 is 2.82 bits per heavy atom. The Labute approximate surface area is 171 Å². The number of aromatic nitrogens is 1. The Morgan fingerprint density at radius 1 is 1.18 bits per heavy atom. The molecule has 0 radical (unpaired) electrons. The molecule has 3 heterocycles. The van der Waals surface area contributed by atoms with Crippen LogP contribution in [-0.2, 0) is 6.54 Å². The molecule has 2 aliphatic rings. The van der Waals surface area contributed by atoms with E-state index in [1.165, 1.54) is 19.3 Å². The zero-order valence-electron chi connectivity index (χ0n) is 16.1. The molecule has 4 rings (SSSR count). The van der Waals surface area contributed by atoms with Crippen molar-refractivity contribution in [3.8, 4) is 11.5 Å². The van der Waals surface area contributed by atoms with E-state index < -0.39 is 0 Å². The van der Waals surface area contributed by atoms with Crippen molar-refractivity contribution in [3.63, 3.8) is 0 Å². The molecule has 148 valence electrons. The third-order valence-electron chi connectivity index (χ3n) is 5.16. The average Bonchev–Trinajstić information content (AvgIpc) is 2.73. The van der Waals surface area contributed by atoms with Crippen molar-refractivity contribution >= 4 is 28.8 Å². The number of ether oxygens (including phenoxy) is 2. The van der Waals surface area contributed by atoms with Gasteiger partial charge in [-0.2, -0.15) is 0 Å². The first-order valence-electron chi connectivity index (χ1n) is 9.85. The van der Waals surface area contributed by atoms with Crippen LogP contribution in [0, 0.1) is 0 Å². The highest BCUT2D eigenvalue weighted by Crippen LogP contribution is 2.30. The van der Waals surface area contributed by atoms with Crippen LogP contribution in [0.25, 0.3) is 0 Å². The van der Waals surface area contributed by atoms with Gasteiger partial charge in [0.1, 0.15) is 19.0 Å². The number of fused-ring (bicyclic) bond motifs is 1. The van der Waals surface area contributed by atoms with Crippen LogP contribution in [0.2, 0.25) is 0 Å². The maximum atomic E-state index is 5.62. The lowest BCUT2D eigenvalue weighted by atomic mass is 10.0. The summed E-state index contributed by atoms with van der Waals surface area (Å²) in [6, 6.07) is 10.6. The average molecular weight is 399 g/mol. The van der Waals surface area contributed by atoms with Gasteiger partial charge in [0.25, 0.3) is 0 Å². The molecule has 1 atom stereocenters. The monoisotopic (exact) mass is 398 g/mol. The maximum Gasteiger partial charge on any atom is 0.171 e. The summed E-state index contributed by atoms with van der Waals surface area (Å²) >= 11 is 5.42. The topological polar surface area (TPSA) is 58.7 Å². The van der Waals surface area contributed by atoms with E-state index in [0.717, 1.165) is 35.1 Å². The number of hydrogen-bond acceptors (Lipinski definition) is 5. The summed E-state index contributed by atoms with van der Waals surface area (Å²) in [5.74, 6) is 2.62. The summed E-state index contributed by atoms with van der Waals surface area (Å²) in [6.45, 7) is 5.14. The molecule has 0 spiro atoms. The highest BCUT2D eigenvalue weighted by molar-refractivity contribution is 7.80. The van der Waals surface area contributed by atoms with Crippen LogP contribution in [0.5, 0.6) is 11.5 Å². The molecule has 6 nitrogen and oxygen atoms in total. The normalized spacial score (nSPS) is 18.5. The standard InChI is InChI=1S/C21H26N4O2S/c1-15-4-2-3-9-25(15)20-8-6-17(14-22-20)24-21(28)23-13-16-5-7-18-19(12-16)27-11-10-26-18/h5-8,12,14-15H,2-4,9-11,13H2,1H3,(H2,23,24,28)/t15-/m0/s1. The van der Waals surface area contributed by atoms with E-state index in [9.17, 15) is 0 Å². The molecule has 0 unspecified atom stereocenters. The molecule has 1 saturated heterocycles. The second-order valence-electron chi connectivity index (χ2n) is 7.23. The van der Waals surface area contributed by atoms with Gasteiger partial charge in [0.05, 0.1) is 11.9 Å². The fraction of sp³-hybridized carbons (Fsp3) is 0.429. The molecule has 0 bridgehead atoms. The van der Waals surface area contributed by atoms with Gasteiger partial charge in [-0.15, -0.1) is 0 Å². The van der Waals surface area contributed by atoms with Crippen LogP contribution in [0.3, 0.4) is 0 Å². The van der Waals surface area contributed by atoms with Crippen molar-refractivity contribution < 1.29 is 9.47 Å². The smallest absolute Gasteiger partial charge is 0.171 e. The van der Waals surface area contributed by atoms with Gasteiger partial charge in [0, 0.05) is 19.1 Å². The second-order valence-corrected chi connectivity index (χ2v) is 7.64. The van der Waals surface area contributed by atoms with Gasteiger partial charge >= 0.3 is 0 Å². The van der Waals surface area contributed by atoms with Crippen LogP contribution < -0.4 is 25.0 Å². The van der Waals surface area contributed by atoms with E-state index in [4.69, 9.17) is 21.7 Å². The van der Waals surface area contributed by atoms with Crippen molar-refractivity contribution in [2.75, 3.05) is 30.0 Å². The lowest BCUT2D eigenvalue weighted by Crippen LogP contribution is -2.37. The first kappa shape index (κ1) is 18.8. The van der Waals surface area contributed by atoms with E-state index in [2.05, 4.69) is 33.5 Å². The molecule has 2 N–H and O–H groups in total. The van der Waals surface area contributed by atoms with E-state index in [-0.39, 0.29) is 0 Å². The fourth-order valence-electron chi connectivity index (χ4n) is 3.62. The van der Waals surface area contributed by atoms with Crippen molar-refractivity contribution in [2.45, 2.75) is 38.8 Å². The lowest BCUT2D eigenvalue weighted by Gasteiger charge is -2.34. The number of pyridine rings is 1. The van der Waals surface area contributed by atoms with Crippen molar-refractivity contribution in [1.29, 1.82) is 0 Å². The SMILES string of the molecule is C[C@H]1CCCCN1c1ccc(NC(=S)NCc2ccc3c(c2)OCCO3)cn1. The predicted octanol–water partition coefficient (Wildman–Crippen LogP) is 3.72. The van der Waals surface area contributed by atoms with Crippen molar-refractivity contribution in [1.82, 2.24) is 10.3 Å². The zero-order valence-corrected chi connectivity index (χ0v) is 16.9. The maximum absolute atomic E-state index is 5.62. The molecular formula is C21H26N4O2S. The van der Waals surface area contributed by atoms with Crippen LogP contribution >= 0.6 is 12.2 Å². The summed E-state index contributed by atoms with van der Waals surface area (Å²) in [5, 5.41) is 6.99. The minimum absolute atomic E-state index is 0.550. The Balaban J connectivity index is 1.30. The molecule has 1 fully saturated rings. The number of rotatable bonds is 4. The van der Waals surface area contributed by atoms with Crippen LogP contribution in [0.1, 0.15) is 31.7 Å². The van der Waals surface area contributed by atoms with E-state index in [1.807, 2.05) is 30.5 Å². The molecule has 0 amide bonds. The summed E-state index contributed by atoms with van der Waals surface area (Å²) in [7, 11) is 0. The molecule has 0 aliphatic carbocycles. The van der Waals surface area contributed by atoms with Crippen molar-refractivity contribution in [2.24, 2.45) is 0 Å². The number of thiocarbonyl (C=S) groups is 1. The summed E-state index contributed by atoms with van der Waals surface area (Å²) in [6.07, 6.45) is 5.62. The quantitative estimate of drug-likeness (QED) is 0.761. The number of anilines is 2. The number of nitrogens with one attached hydrogen (secondary N) is 2. The van der Waals surface area contributed by atoms with E-state index in [0.29, 0.717) is 30.9 Å². The Morgan fingerprint density at radius 2 is 2.04 bits per heavy atom. The van der Waals surface area contributed by atoms with Gasteiger partial charge in [-0.3, -0.25) is 0 Å². The molecule has 1 aromatic carbocycles. The van der Waals surface area contributed by atoms with Crippen LogP contribution in [-0.4, -0.2) is 35.9 Å². The fourth-order valence-corrected chi connectivity index (χ4v) is 3.81. The predicted molar refractivity (Wildman–Crippen MR) is 115 cm³/mol. The van der Waals surface area contributed by atoms with E-state index in [1.54, 1.807) is 0 Å². The van der Waals surface area contributed by atoms with Gasteiger partial charge in [-0.1, -0.05) is 6.07 Å². The second kappa shape index (κ2) is 8.65. The Kier molecular flexibility index (Phi) is 5.81. The highest BCUT2D eigenvalue weighted by Gasteiger charge is 2.19. The molecule has 0 saturated carbocycles. The Hall–Kier alpha value is -2.54. The van der Waals surface area contributed by atoms with Crippen molar-refractivity contribution in [3.05, 3.63) is 42.1 Å². The number of nitrogens with zero attached hydrogens (tertiary/aromatic N) is 2. The van der Waals surface area contributed by atoms with Gasteiger partial charge in [-0.05, 0) is 68.2 Å². The minimum atomic E-state index is 0.550. The number of benzene rings is 1. The lowest BCUT2D eigenvalue weighted by molar-refractivity contribution is 0.171. The molecular weight excluding hydrogens is 372 g/mol. The molecule has 7 heteroatoms. The molecule has 2 aliphatic heterocycles. The third-order valence-corrected chi connectivity index (χ3v) is 5.41. The minimum Gasteiger partial charge on any atom is -0.486 e. The van der Waals surface area contributed by atoms with Gasteiger partial charge in [0.15, 0.2) is 16.6 Å². The van der Waals surface area contributed by atoms with Gasteiger partial charge in [0.2, 0.25) is 0 Å². The Bertz CT molecular complexity index is 828. The van der Waals surface area contributed by atoms with Gasteiger partial charge in [-0.25, -0.2) is 4.98 Å². The van der Waals surface area contributed by atoms with Crippen LogP contribution in [0.4, 0.5) is 11.5 Å². The number of hydrogen-bond donors (Lipinski definition) is 2. The molecule has 1 aromatic heterocycles.